The number of hydrogen-bond acceptors (Lipinski definition) is 3. The first kappa shape index (κ1) is 19.8. The molecule has 1 heterocycles. The van der Waals surface area contributed by atoms with Crippen molar-refractivity contribution in [2.45, 2.75) is 39.0 Å². The molecule has 1 N–H and O–H groups in total. The molecular weight excluding hydrogens is 358 g/mol. The second-order valence-corrected chi connectivity index (χ2v) is 8.03. The fraction of sp³-hybridized carbons (Fsp3) is 0.385. The first-order valence-electron chi connectivity index (χ1n) is 10.9. The van der Waals surface area contributed by atoms with Crippen LogP contribution in [0.5, 0.6) is 11.5 Å². The van der Waals surface area contributed by atoms with Crippen molar-refractivity contribution >= 4 is 10.8 Å². The van der Waals surface area contributed by atoms with Crippen LogP contribution in [-0.4, -0.2) is 36.2 Å². The van der Waals surface area contributed by atoms with E-state index in [4.69, 9.17) is 4.74 Å². The van der Waals surface area contributed by atoms with Gasteiger partial charge in [-0.05, 0) is 90.5 Å². The van der Waals surface area contributed by atoms with Crippen LogP contribution < -0.4 is 4.74 Å². The predicted octanol–water partition coefficient (Wildman–Crippen LogP) is 5.56. The molecular formula is C26H31NO2. The van der Waals surface area contributed by atoms with Gasteiger partial charge >= 0.3 is 0 Å². The smallest absolute Gasteiger partial charge is 0.119 e. The molecule has 0 aliphatic carbocycles. The number of likely N-dealkylation sites (tertiary alicyclic amines) is 1. The number of aryl methyl sites for hydroxylation is 1. The molecule has 0 radical (unpaired) electrons. The summed E-state index contributed by atoms with van der Waals surface area (Å²) in [6.07, 6.45) is 5.91. The number of nitrogens with zero attached hydrogens (tertiary/aromatic N) is 1. The van der Waals surface area contributed by atoms with E-state index < -0.39 is 0 Å². The SMILES string of the molecule is CCc1ccc2cc(O)ccc2c1Cc1ccc(OCCN2CCCCC2)cc1. The topological polar surface area (TPSA) is 32.7 Å². The highest BCUT2D eigenvalue weighted by Crippen LogP contribution is 2.28. The standard InChI is InChI=1S/C26H31NO2/c1-2-21-8-9-22-19-23(28)10-13-25(22)26(21)18-20-6-11-24(12-7-20)29-17-16-27-14-4-3-5-15-27/h6-13,19,28H,2-5,14-18H2,1H3. The van der Waals surface area contributed by atoms with Gasteiger partial charge in [-0.1, -0.05) is 43.7 Å². The third-order valence-corrected chi connectivity index (χ3v) is 6.02. The van der Waals surface area contributed by atoms with E-state index in [1.54, 1.807) is 6.07 Å². The van der Waals surface area contributed by atoms with Gasteiger partial charge in [0.15, 0.2) is 0 Å². The summed E-state index contributed by atoms with van der Waals surface area (Å²) in [6.45, 7) is 6.40. The van der Waals surface area contributed by atoms with Crippen LogP contribution in [0.15, 0.2) is 54.6 Å². The highest BCUT2D eigenvalue weighted by atomic mass is 16.5. The Kier molecular flexibility index (Phi) is 6.36. The van der Waals surface area contributed by atoms with Gasteiger partial charge < -0.3 is 9.84 Å². The Morgan fingerprint density at radius 2 is 1.72 bits per heavy atom. The fourth-order valence-corrected chi connectivity index (χ4v) is 4.35. The Labute approximate surface area is 173 Å². The average molecular weight is 390 g/mol. The number of hydrogen-bond donors (Lipinski definition) is 1. The number of fused-ring (bicyclic) bond motifs is 1. The van der Waals surface area contributed by atoms with Crippen LogP contribution in [-0.2, 0) is 12.8 Å². The van der Waals surface area contributed by atoms with Gasteiger partial charge in [0.1, 0.15) is 18.1 Å². The lowest BCUT2D eigenvalue weighted by atomic mass is 9.92. The molecule has 4 rings (SSSR count). The van der Waals surface area contributed by atoms with Gasteiger partial charge in [0, 0.05) is 6.54 Å². The number of ether oxygens (including phenoxy) is 1. The summed E-state index contributed by atoms with van der Waals surface area (Å²) < 4.78 is 5.97. The molecule has 3 nitrogen and oxygen atoms in total. The lowest BCUT2D eigenvalue weighted by Gasteiger charge is -2.26. The van der Waals surface area contributed by atoms with E-state index in [-0.39, 0.29) is 0 Å². The number of piperidine rings is 1. The van der Waals surface area contributed by atoms with Crippen LogP contribution in [0.4, 0.5) is 0 Å². The van der Waals surface area contributed by atoms with Crippen molar-refractivity contribution in [3.05, 3.63) is 71.3 Å². The third kappa shape index (κ3) is 4.91. The monoisotopic (exact) mass is 389 g/mol. The number of aromatic hydroxyl groups is 1. The van der Waals surface area contributed by atoms with Crippen molar-refractivity contribution in [1.82, 2.24) is 4.90 Å². The quantitative estimate of drug-likeness (QED) is 0.574. The second kappa shape index (κ2) is 9.32. The first-order chi connectivity index (χ1) is 14.2. The molecule has 1 fully saturated rings. The molecule has 0 saturated carbocycles. The highest BCUT2D eigenvalue weighted by molar-refractivity contribution is 5.88. The molecule has 1 aliphatic heterocycles. The van der Waals surface area contributed by atoms with Gasteiger partial charge in [0.25, 0.3) is 0 Å². The molecule has 3 heteroatoms. The summed E-state index contributed by atoms with van der Waals surface area (Å²) in [5, 5.41) is 12.1. The van der Waals surface area contributed by atoms with Crippen LogP contribution >= 0.6 is 0 Å². The van der Waals surface area contributed by atoms with Crippen molar-refractivity contribution in [1.29, 1.82) is 0 Å². The van der Waals surface area contributed by atoms with Crippen LogP contribution in [0.2, 0.25) is 0 Å². The normalized spacial score (nSPS) is 14.9. The van der Waals surface area contributed by atoms with Gasteiger partial charge in [-0.2, -0.15) is 0 Å². The van der Waals surface area contributed by atoms with Crippen molar-refractivity contribution in [2.75, 3.05) is 26.2 Å². The first-order valence-corrected chi connectivity index (χ1v) is 10.9. The number of phenolic OH excluding ortho intramolecular Hbond substituents is 1. The Balaban J connectivity index is 1.43. The molecule has 0 bridgehead atoms. The summed E-state index contributed by atoms with van der Waals surface area (Å²) in [4.78, 5) is 2.50. The minimum atomic E-state index is 0.318. The van der Waals surface area contributed by atoms with Gasteiger partial charge in [-0.15, -0.1) is 0 Å². The Morgan fingerprint density at radius 3 is 2.48 bits per heavy atom. The van der Waals surface area contributed by atoms with Crippen LogP contribution in [0.1, 0.15) is 42.9 Å². The van der Waals surface area contributed by atoms with Crippen LogP contribution in [0, 0.1) is 0 Å². The van der Waals surface area contributed by atoms with Crippen LogP contribution in [0.25, 0.3) is 10.8 Å². The molecule has 0 atom stereocenters. The van der Waals surface area contributed by atoms with E-state index in [2.05, 4.69) is 48.2 Å². The van der Waals surface area contributed by atoms with Crippen molar-refractivity contribution in [2.24, 2.45) is 0 Å². The summed E-state index contributed by atoms with van der Waals surface area (Å²) in [5.74, 6) is 1.27. The summed E-state index contributed by atoms with van der Waals surface area (Å²) >= 11 is 0. The summed E-state index contributed by atoms with van der Waals surface area (Å²) in [7, 11) is 0. The number of phenols is 1. The largest absolute Gasteiger partial charge is 0.508 e. The average Bonchev–Trinajstić information content (AvgIpc) is 2.76. The van der Waals surface area contributed by atoms with E-state index in [0.29, 0.717) is 5.75 Å². The number of rotatable bonds is 7. The van der Waals surface area contributed by atoms with Gasteiger partial charge in [-0.25, -0.2) is 0 Å². The zero-order valence-electron chi connectivity index (χ0n) is 17.4. The second-order valence-electron chi connectivity index (χ2n) is 8.03. The lowest BCUT2D eigenvalue weighted by Crippen LogP contribution is -2.33. The Hall–Kier alpha value is -2.52. The van der Waals surface area contributed by atoms with Crippen molar-refractivity contribution < 1.29 is 9.84 Å². The van der Waals surface area contributed by atoms with E-state index >= 15 is 0 Å². The molecule has 152 valence electrons. The van der Waals surface area contributed by atoms with E-state index in [1.807, 2.05) is 12.1 Å². The van der Waals surface area contributed by atoms with E-state index in [1.165, 1.54) is 54.4 Å². The minimum Gasteiger partial charge on any atom is -0.508 e. The lowest BCUT2D eigenvalue weighted by molar-refractivity contribution is 0.183. The summed E-state index contributed by atoms with van der Waals surface area (Å²) in [6, 6.07) is 18.5. The highest BCUT2D eigenvalue weighted by Gasteiger charge is 2.10. The molecule has 3 aromatic rings. The zero-order chi connectivity index (χ0) is 20.1. The number of benzene rings is 3. The maximum Gasteiger partial charge on any atom is 0.119 e. The molecule has 0 spiro atoms. The van der Waals surface area contributed by atoms with Gasteiger partial charge in [0.05, 0.1) is 0 Å². The summed E-state index contributed by atoms with van der Waals surface area (Å²) in [5.41, 5.74) is 4.00. The Morgan fingerprint density at radius 1 is 0.931 bits per heavy atom. The van der Waals surface area contributed by atoms with Crippen molar-refractivity contribution in [3.63, 3.8) is 0 Å². The zero-order valence-corrected chi connectivity index (χ0v) is 17.4. The molecule has 0 unspecified atom stereocenters. The molecule has 0 amide bonds. The fourth-order valence-electron chi connectivity index (χ4n) is 4.35. The van der Waals surface area contributed by atoms with E-state index in [9.17, 15) is 5.11 Å². The molecule has 29 heavy (non-hydrogen) atoms. The Bertz CT molecular complexity index is 943. The van der Waals surface area contributed by atoms with Crippen molar-refractivity contribution in [3.8, 4) is 11.5 Å². The van der Waals surface area contributed by atoms with Gasteiger partial charge in [-0.3, -0.25) is 4.90 Å². The minimum absolute atomic E-state index is 0.318. The molecule has 3 aromatic carbocycles. The maximum atomic E-state index is 9.81. The van der Waals surface area contributed by atoms with E-state index in [0.717, 1.165) is 37.1 Å². The van der Waals surface area contributed by atoms with Gasteiger partial charge in [0.2, 0.25) is 0 Å². The molecule has 1 aliphatic rings. The predicted molar refractivity (Wildman–Crippen MR) is 120 cm³/mol. The molecule has 1 saturated heterocycles. The molecule has 0 aromatic heterocycles. The van der Waals surface area contributed by atoms with Crippen LogP contribution in [0.3, 0.4) is 0 Å². The maximum absolute atomic E-state index is 9.81. The third-order valence-electron chi connectivity index (χ3n) is 6.02.